The van der Waals surface area contributed by atoms with Gasteiger partial charge in [-0.1, -0.05) is 33.1 Å². The van der Waals surface area contributed by atoms with E-state index in [1.165, 1.54) is 38.6 Å². The zero-order valence-electron chi connectivity index (χ0n) is 8.60. The van der Waals surface area contributed by atoms with Crippen LogP contribution in [0.5, 0.6) is 0 Å². The Hall–Kier alpha value is -0.0400. The van der Waals surface area contributed by atoms with E-state index in [2.05, 4.69) is 19.2 Å². The molecule has 2 atom stereocenters. The van der Waals surface area contributed by atoms with Gasteiger partial charge >= 0.3 is 0 Å². The maximum atomic E-state index is 3.46. The fourth-order valence-electron chi connectivity index (χ4n) is 2.08. The van der Waals surface area contributed by atoms with Gasteiger partial charge in [-0.05, 0) is 37.8 Å². The highest BCUT2D eigenvalue weighted by Gasteiger charge is 2.28. The molecule has 0 heterocycles. The summed E-state index contributed by atoms with van der Waals surface area (Å²) < 4.78 is 0. The Morgan fingerprint density at radius 2 is 1.92 bits per heavy atom. The quantitative estimate of drug-likeness (QED) is 0.644. The van der Waals surface area contributed by atoms with Crippen molar-refractivity contribution >= 4 is 0 Å². The summed E-state index contributed by atoms with van der Waals surface area (Å²) in [5, 5.41) is 3.46. The minimum absolute atomic E-state index is 1.01. The Morgan fingerprint density at radius 3 is 2.42 bits per heavy atom. The van der Waals surface area contributed by atoms with Gasteiger partial charge in [-0.15, -0.1) is 0 Å². The molecule has 1 aliphatic rings. The summed E-state index contributed by atoms with van der Waals surface area (Å²) in [4.78, 5) is 0. The summed E-state index contributed by atoms with van der Waals surface area (Å²) in [6.45, 7) is 6.89. The van der Waals surface area contributed by atoms with E-state index in [0.29, 0.717) is 0 Å². The van der Waals surface area contributed by atoms with Gasteiger partial charge in [0.2, 0.25) is 0 Å². The molecule has 0 amide bonds. The monoisotopic (exact) mass is 169 g/mol. The lowest BCUT2D eigenvalue weighted by atomic mass is 9.71. The molecule has 0 aromatic carbocycles. The van der Waals surface area contributed by atoms with Crippen LogP contribution in [0.4, 0.5) is 0 Å². The van der Waals surface area contributed by atoms with Gasteiger partial charge < -0.3 is 5.32 Å². The standard InChI is InChI=1S/C11H23N/c1-3-5-6-10-7-8-11(10)9-12-4-2/h10-12H,3-9H2,1-2H3. The highest BCUT2D eigenvalue weighted by molar-refractivity contribution is 4.81. The fraction of sp³-hybridized carbons (Fsp3) is 1.00. The molecule has 1 nitrogen and oxygen atoms in total. The van der Waals surface area contributed by atoms with Gasteiger partial charge in [0, 0.05) is 0 Å². The first-order valence-electron chi connectivity index (χ1n) is 5.59. The van der Waals surface area contributed by atoms with Gasteiger partial charge in [0.05, 0.1) is 0 Å². The maximum Gasteiger partial charge on any atom is -0.00180 e. The second kappa shape index (κ2) is 5.58. The second-order valence-corrected chi connectivity index (χ2v) is 4.05. The average Bonchev–Trinajstić information content (AvgIpc) is 2.04. The van der Waals surface area contributed by atoms with E-state index in [9.17, 15) is 0 Å². The predicted octanol–water partition coefficient (Wildman–Crippen LogP) is 2.81. The van der Waals surface area contributed by atoms with Crippen LogP contribution in [0.25, 0.3) is 0 Å². The van der Waals surface area contributed by atoms with Gasteiger partial charge in [0.1, 0.15) is 0 Å². The van der Waals surface area contributed by atoms with Crippen molar-refractivity contribution in [2.24, 2.45) is 11.8 Å². The zero-order chi connectivity index (χ0) is 8.81. The van der Waals surface area contributed by atoms with Crippen LogP contribution in [0.3, 0.4) is 0 Å². The van der Waals surface area contributed by atoms with E-state index in [1.807, 2.05) is 0 Å². The Balaban J connectivity index is 2.03. The van der Waals surface area contributed by atoms with E-state index in [-0.39, 0.29) is 0 Å². The van der Waals surface area contributed by atoms with Crippen LogP contribution in [0.1, 0.15) is 46.0 Å². The van der Waals surface area contributed by atoms with Gasteiger partial charge in [0.25, 0.3) is 0 Å². The summed E-state index contributed by atoms with van der Waals surface area (Å²) in [5.74, 6) is 2.07. The van der Waals surface area contributed by atoms with E-state index in [4.69, 9.17) is 0 Å². The lowest BCUT2D eigenvalue weighted by molar-refractivity contribution is 0.158. The first-order chi connectivity index (χ1) is 5.88. The van der Waals surface area contributed by atoms with Gasteiger partial charge in [-0.2, -0.15) is 0 Å². The smallest absolute Gasteiger partial charge is 0.00180 e. The third kappa shape index (κ3) is 2.78. The Bertz CT molecular complexity index is 97.6. The van der Waals surface area contributed by atoms with Crippen LogP contribution in [0.15, 0.2) is 0 Å². The van der Waals surface area contributed by atoms with Gasteiger partial charge in [-0.3, -0.25) is 0 Å². The molecule has 0 saturated heterocycles. The lowest BCUT2D eigenvalue weighted by Crippen LogP contribution is -2.35. The van der Waals surface area contributed by atoms with E-state index in [0.717, 1.165) is 18.4 Å². The number of unbranched alkanes of at least 4 members (excludes halogenated alkanes) is 1. The molecule has 1 aliphatic carbocycles. The first-order valence-corrected chi connectivity index (χ1v) is 5.59. The van der Waals surface area contributed by atoms with Crippen LogP contribution < -0.4 is 5.32 Å². The summed E-state index contributed by atoms with van der Waals surface area (Å²) in [7, 11) is 0. The maximum absolute atomic E-state index is 3.46. The number of rotatable bonds is 6. The molecule has 0 aromatic rings. The predicted molar refractivity (Wildman–Crippen MR) is 54.3 cm³/mol. The minimum Gasteiger partial charge on any atom is -0.317 e. The fourth-order valence-corrected chi connectivity index (χ4v) is 2.08. The Labute approximate surface area is 76.9 Å². The first kappa shape index (κ1) is 10.0. The van der Waals surface area contributed by atoms with Crippen molar-refractivity contribution in [3.63, 3.8) is 0 Å². The normalized spacial score (nSPS) is 28.5. The molecule has 0 spiro atoms. The third-order valence-electron chi connectivity index (χ3n) is 3.16. The molecule has 1 fully saturated rings. The van der Waals surface area contributed by atoms with E-state index >= 15 is 0 Å². The molecule has 72 valence electrons. The summed E-state index contributed by atoms with van der Waals surface area (Å²) in [6, 6.07) is 0. The molecule has 2 unspecified atom stereocenters. The van der Waals surface area contributed by atoms with Crippen molar-refractivity contribution in [1.29, 1.82) is 0 Å². The highest BCUT2D eigenvalue weighted by Crippen LogP contribution is 2.37. The zero-order valence-corrected chi connectivity index (χ0v) is 8.60. The Kier molecular flexibility index (Phi) is 4.67. The summed E-state index contributed by atoms with van der Waals surface area (Å²) in [5.41, 5.74) is 0. The highest BCUT2D eigenvalue weighted by atomic mass is 14.9. The molecule has 1 N–H and O–H groups in total. The van der Waals surface area contributed by atoms with E-state index in [1.54, 1.807) is 0 Å². The molecule has 1 saturated carbocycles. The van der Waals surface area contributed by atoms with Crippen molar-refractivity contribution < 1.29 is 0 Å². The Morgan fingerprint density at radius 1 is 1.17 bits per heavy atom. The van der Waals surface area contributed by atoms with Crippen LogP contribution in [0.2, 0.25) is 0 Å². The molecule has 0 radical (unpaired) electrons. The van der Waals surface area contributed by atoms with Crippen LogP contribution >= 0.6 is 0 Å². The van der Waals surface area contributed by atoms with Crippen molar-refractivity contribution in [3.05, 3.63) is 0 Å². The van der Waals surface area contributed by atoms with Gasteiger partial charge in [-0.25, -0.2) is 0 Å². The summed E-state index contributed by atoms with van der Waals surface area (Å²) in [6.07, 6.45) is 7.25. The van der Waals surface area contributed by atoms with Crippen LogP contribution in [0, 0.1) is 11.8 Å². The number of hydrogen-bond donors (Lipinski definition) is 1. The number of nitrogens with one attached hydrogen (secondary N) is 1. The molecular weight excluding hydrogens is 146 g/mol. The molecule has 0 aromatic heterocycles. The molecule has 0 aliphatic heterocycles. The topological polar surface area (TPSA) is 12.0 Å². The van der Waals surface area contributed by atoms with Crippen LogP contribution in [-0.4, -0.2) is 13.1 Å². The number of hydrogen-bond acceptors (Lipinski definition) is 1. The molecular formula is C11H23N. The molecule has 1 rings (SSSR count). The molecule has 0 bridgehead atoms. The van der Waals surface area contributed by atoms with Gasteiger partial charge in [0.15, 0.2) is 0 Å². The van der Waals surface area contributed by atoms with Crippen molar-refractivity contribution in [2.75, 3.05) is 13.1 Å². The minimum atomic E-state index is 1.01. The van der Waals surface area contributed by atoms with E-state index < -0.39 is 0 Å². The second-order valence-electron chi connectivity index (χ2n) is 4.05. The van der Waals surface area contributed by atoms with Crippen molar-refractivity contribution in [2.45, 2.75) is 46.0 Å². The summed E-state index contributed by atoms with van der Waals surface area (Å²) >= 11 is 0. The lowest BCUT2D eigenvalue weighted by Gasteiger charge is -2.37. The molecule has 12 heavy (non-hydrogen) atoms. The SMILES string of the molecule is CCCCC1CCC1CNCC. The average molecular weight is 169 g/mol. The van der Waals surface area contributed by atoms with Crippen molar-refractivity contribution in [3.8, 4) is 0 Å². The molecule has 1 heteroatoms. The largest absolute Gasteiger partial charge is 0.317 e. The van der Waals surface area contributed by atoms with Crippen molar-refractivity contribution in [1.82, 2.24) is 5.32 Å². The van der Waals surface area contributed by atoms with Crippen LogP contribution in [-0.2, 0) is 0 Å². The third-order valence-corrected chi connectivity index (χ3v) is 3.16.